The van der Waals surface area contributed by atoms with Gasteiger partial charge in [0.05, 0.1) is 15.7 Å². The molecule has 1 nitrogen and oxygen atoms in total. The summed E-state index contributed by atoms with van der Waals surface area (Å²) in [6.45, 7) is 0. The molecule has 0 radical (unpaired) electrons. The van der Waals surface area contributed by atoms with Crippen molar-refractivity contribution in [2.45, 2.75) is 0 Å². The molecule has 0 saturated carbocycles. The molecule has 0 unspecified atom stereocenters. The number of thiazole rings is 1. The smallest absolute Gasteiger partial charge is 0.124 e. The highest BCUT2D eigenvalue weighted by Crippen LogP contribution is 2.34. The zero-order valence-corrected chi connectivity index (χ0v) is 16.8. The second-order valence-electron chi connectivity index (χ2n) is 5.87. The molecule has 0 spiro atoms. The van der Waals surface area contributed by atoms with Crippen LogP contribution in [0, 0.1) is 5.82 Å². The molecule has 6 heteroatoms. The van der Waals surface area contributed by atoms with E-state index >= 15 is 0 Å². The third kappa shape index (κ3) is 3.87. The van der Waals surface area contributed by atoms with Crippen molar-refractivity contribution in [2.24, 2.45) is 0 Å². The normalized spacial score (nSPS) is 11.0. The van der Waals surface area contributed by atoms with Crippen LogP contribution < -0.4 is 0 Å². The zero-order chi connectivity index (χ0) is 19.0. The summed E-state index contributed by atoms with van der Waals surface area (Å²) in [5, 5.41) is 4.39. The second kappa shape index (κ2) is 7.61. The molecular formula is C21H11Cl3FNS. The van der Waals surface area contributed by atoms with E-state index in [2.05, 4.69) is 4.98 Å². The minimum absolute atomic E-state index is 0.315. The van der Waals surface area contributed by atoms with Gasteiger partial charge in [-0.1, -0.05) is 65.1 Å². The molecule has 1 aromatic heterocycles. The molecule has 0 amide bonds. The summed E-state index contributed by atoms with van der Waals surface area (Å²) in [5.41, 5.74) is 4.24. The van der Waals surface area contributed by atoms with Gasteiger partial charge in [0.15, 0.2) is 0 Å². The number of hydrogen-bond acceptors (Lipinski definition) is 2. The fraction of sp³-hybridized carbons (Fsp3) is 0. The van der Waals surface area contributed by atoms with Crippen LogP contribution in [0.1, 0.15) is 0 Å². The molecule has 4 aromatic rings. The molecule has 0 bridgehead atoms. The largest absolute Gasteiger partial charge is 0.236 e. The van der Waals surface area contributed by atoms with E-state index in [1.165, 1.54) is 12.1 Å². The van der Waals surface area contributed by atoms with Gasteiger partial charge >= 0.3 is 0 Å². The quantitative estimate of drug-likeness (QED) is 0.316. The van der Waals surface area contributed by atoms with Crippen LogP contribution in [-0.4, -0.2) is 4.98 Å². The first-order chi connectivity index (χ1) is 13.0. The molecule has 4 rings (SSSR count). The maximum atomic E-state index is 13.5. The van der Waals surface area contributed by atoms with E-state index in [0.717, 1.165) is 27.4 Å². The van der Waals surface area contributed by atoms with Crippen LogP contribution in [0.3, 0.4) is 0 Å². The standard InChI is InChI=1S/C21H11Cl3FNS/c22-17-8-6-15(25)10-16(17)12-1-3-13(4-2-12)21-26-20(11-27-21)14-5-7-18(23)19(24)9-14/h1-11H. The number of benzene rings is 3. The average molecular weight is 435 g/mol. The summed E-state index contributed by atoms with van der Waals surface area (Å²) < 4.78 is 13.5. The van der Waals surface area contributed by atoms with E-state index in [4.69, 9.17) is 34.8 Å². The summed E-state index contributed by atoms with van der Waals surface area (Å²) in [4.78, 5) is 4.69. The van der Waals surface area contributed by atoms with E-state index < -0.39 is 0 Å². The molecule has 134 valence electrons. The molecule has 1 heterocycles. The topological polar surface area (TPSA) is 12.9 Å². The fourth-order valence-corrected chi connectivity index (χ4v) is 4.07. The lowest BCUT2D eigenvalue weighted by molar-refractivity contribution is 0.628. The lowest BCUT2D eigenvalue weighted by Crippen LogP contribution is -1.84. The molecule has 0 N–H and O–H groups in total. The SMILES string of the molecule is Fc1ccc(Cl)c(-c2ccc(-c3nc(-c4ccc(Cl)c(Cl)c4)cs3)cc2)c1. The van der Waals surface area contributed by atoms with Crippen LogP contribution in [0.2, 0.25) is 15.1 Å². The van der Waals surface area contributed by atoms with Gasteiger partial charge < -0.3 is 0 Å². The Hall–Kier alpha value is -1.91. The Morgan fingerprint density at radius 3 is 2.11 bits per heavy atom. The minimum atomic E-state index is -0.315. The number of halogens is 4. The van der Waals surface area contributed by atoms with Gasteiger partial charge in [0.1, 0.15) is 10.8 Å². The predicted octanol–water partition coefficient (Wildman–Crippen LogP) is 8.24. The lowest BCUT2D eigenvalue weighted by Gasteiger charge is -2.06. The first-order valence-electron chi connectivity index (χ1n) is 7.98. The highest BCUT2D eigenvalue weighted by molar-refractivity contribution is 7.13. The van der Waals surface area contributed by atoms with Gasteiger partial charge in [-0.2, -0.15) is 0 Å². The van der Waals surface area contributed by atoms with E-state index in [1.807, 2.05) is 35.7 Å². The Labute approximate surface area is 175 Å². The van der Waals surface area contributed by atoms with Crippen molar-refractivity contribution in [1.82, 2.24) is 4.98 Å². The molecular weight excluding hydrogens is 424 g/mol. The highest BCUT2D eigenvalue weighted by Gasteiger charge is 2.10. The summed E-state index contributed by atoms with van der Waals surface area (Å²) in [7, 11) is 0. The van der Waals surface area contributed by atoms with Gasteiger partial charge in [-0.25, -0.2) is 9.37 Å². The van der Waals surface area contributed by atoms with Crippen molar-refractivity contribution in [1.29, 1.82) is 0 Å². The molecule has 0 aliphatic heterocycles. The van der Waals surface area contributed by atoms with Gasteiger partial charge in [0.25, 0.3) is 0 Å². The van der Waals surface area contributed by atoms with E-state index in [0.29, 0.717) is 20.6 Å². The molecule has 27 heavy (non-hydrogen) atoms. The van der Waals surface area contributed by atoms with Gasteiger partial charge in [-0.15, -0.1) is 11.3 Å². The summed E-state index contributed by atoms with van der Waals surface area (Å²) in [5.74, 6) is -0.315. The molecule has 0 saturated heterocycles. The van der Waals surface area contributed by atoms with Crippen molar-refractivity contribution in [3.63, 3.8) is 0 Å². The zero-order valence-electron chi connectivity index (χ0n) is 13.7. The van der Waals surface area contributed by atoms with Crippen molar-refractivity contribution in [3.8, 4) is 33.0 Å². The first kappa shape index (κ1) is 18.5. The summed E-state index contributed by atoms with van der Waals surface area (Å²) >= 11 is 19.8. The van der Waals surface area contributed by atoms with Gasteiger partial charge in [0, 0.05) is 27.1 Å². The lowest BCUT2D eigenvalue weighted by atomic mass is 10.0. The fourth-order valence-electron chi connectivity index (χ4n) is 2.71. The Morgan fingerprint density at radius 2 is 1.37 bits per heavy atom. The second-order valence-corrected chi connectivity index (χ2v) is 7.95. The predicted molar refractivity (Wildman–Crippen MR) is 113 cm³/mol. The van der Waals surface area contributed by atoms with E-state index in [1.54, 1.807) is 29.5 Å². The van der Waals surface area contributed by atoms with Gasteiger partial charge in [0.2, 0.25) is 0 Å². The monoisotopic (exact) mass is 433 g/mol. The molecule has 0 aliphatic rings. The minimum Gasteiger partial charge on any atom is -0.236 e. The van der Waals surface area contributed by atoms with Gasteiger partial charge in [-0.3, -0.25) is 0 Å². The molecule has 3 aromatic carbocycles. The Bertz CT molecular complexity index is 1120. The average Bonchev–Trinajstić information content (AvgIpc) is 3.16. The number of aromatic nitrogens is 1. The van der Waals surface area contributed by atoms with Crippen molar-refractivity contribution >= 4 is 46.1 Å². The van der Waals surface area contributed by atoms with E-state index in [9.17, 15) is 4.39 Å². The summed E-state index contributed by atoms with van der Waals surface area (Å²) in [6, 6.07) is 17.5. The molecule has 0 aliphatic carbocycles. The number of nitrogens with zero attached hydrogens (tertiary/aromatic N) is 1. The van der Waals surface area contributed by atoms with Crippen LogP contribution >= 0.6 is 46.1 Å². The van der Waals surface area contributed by atoms with Crippen LogP contribution in [0.5, 0.6) is 0 Å². The first-order valence-corrected chi connectivity index (χ1v) is 9.99. The van der Waals surface area contributed by atoms with Gasteiger partial charge in [-0.05, 0) is 35.9 Å². The van der Waals surface area contributed by atoms with Crippen LogP contribution in [0.4, 0.5) is 4.39 Å². The van der Waals surface area contributed by atoms with Crippen molar-refractivity contribution in [2.75, 3.05) is 0 Å². The van der Waals surface area contributed by atoms with E-state index in [-0.39, 0.29) is 5.82 Å². The van der Waals surface area contributed by atoms with Crippen molar-refractivity contribution in [3.05, 3.63) is 86.9 Å². The number of rotatable bonds is 3. The Morgan fingerprint density at radius 1 is 0.704 bits per heavy atom. The highest BCUT2D eigenvalue weighted by atomic mass is 35.5. The number of hydrogen-bond donors (Lipinski definition) is 0. The van der Waals surface area contributed by atoms with Crippen LogP contribution in [0.25, 0.3) is 33.0 Å². The Balaban J connectivity index is 1.64. The summed E-state index contributed by atoms with van der Waals surface area (Å²) in [6.07, 6.45) is 0. The third-order valence-corrected chi connectivity index (χ3v) is 6.05. The van der Waals surface area contributed by atoms with Crippen LogP contribution in [0.15, 0.2) is 66.0 Å². The third-order valence-electron chi connectivity index (χ3n) is 4.09. The molecule has 0 fully saturated rings. The maximum absolute atomic E-state index is 13.5. The Kier molecular flexibility index (Phi) is 5.20. The molecule has 0 atom stereocenters. The van der Waals surface area contributed by atoms with Crippen molar-refractivity contribution < 1.29 is 4.39 Å². The maximum Gasteiger partial charge on any atom is 0.124 e. The van der Waals surface area contributed by atoms with Crippen LogP contribution in [-0.2, 0) is 0 Å².